The molecule has 0 amide bonds. The van der Waals surface area contributed by atoms with Crippen LogP contribution in [0.25, 0.3) is 5.82 Å². The summed E-state index contributed by atoms with van der Waals surface area (Å²) in [5, 5.41) is 13.1. The van der Waals surface area contributed by atoms with Crippen molar-refractivity contribution in [3.05, 3.63) is 36.3 Å². The van der Waals surface area contributed by atoms with Crippen molar-refractivity contribution in [2.45, 2.75) is 0 Å². The molecule has 0 bridgehead atoms. The summed E-state index contributed by atoms with van der Waals surface area (Å²) in [5.41, 5.74) is 0.101. The molecule has 70 valence electrons. The number of hydrogen-bond donors (Lipinski definition) is 1. The van der Waals surface area contributed by atoms with Crippen molar-refractivity contribution >= 4 is 6.29 Å². The average Bonchev–Trinajstić information content (AvgIpc) is 2.61. The van der Waals surface area contributed by atoms with E-state index in [-0.39, 0.29) is 11.4 Å². The second kappa shape index (κ2) is 3.29. The zero-order valence-corrected chi connectivity index (χ0v) is 7.16. The van der Waals surface area contributed by atoms with E-state index in [0.29, 0.717) is 12.1 Å². The van der Waals surface area contributed by atoms with Crippen LogP contribution in [-0.2, 0) is 0 Å². The van der Waals surface area contributed by atoms with Crippen molar-refractivity contribution in [1.29, 1.82) is 0 Å². The predicted octanol–water partition coefficient (Wildman–Crippen LogP) is 0.785. The van der Waals surface area contributed by atoms with Gasteiger partial charge in [0.25, 0.3) is 0 Å². The minimum atomic E-state index is -0.148. The van der Waals surface area contributed by atoms with Crippen LogP contribution >= 0.6 is 0 Å². The number of pyridine rings is 1. The Balaban J connectivity index is 2.57. The van der Waals surface area contributed by atoms with Crippen LogP contribution in [0.2, 0.25) is 0 Å². The number of carbonyl (C=O) groups is 1. The molecule has 0 saturated heterocycles. The largest absolute Gasteiger partial charge is 0.504 e. The van der Waals surface area contributed by atoms with Crippen LogP contribution < -0.4 is 0 Å². The number of aldehydes is 1. The maximum atomic E-state index is 10.6. The highest BCUT2D eigenvalue weighted by atomic mass is 16.3. The van der Waals surface area contributed by atoms with Crippen molar-refractivity contribution in [2.24, 2.45) is 0 Å². The summed E-state index contributed by atoms with van der Waals surface area (Å²) < 4.78 is 1.28. The molecule has 0 atom stereocenters. The molecule has 14 heavy (non-hydrogen) atoms. The van der Waals surface area contributed by atoms with Gasteiger partial charge in [-0.05, 0) is 12.1 Å². The summed E-state index contributed by atoms with van der Waals surface area (Å²) in [6, 6.07) is 5.22. The molecule has 0 aliphatic heterocycles. The summed E-state index contributed by atoms with van der Waals surface area (Å²) in [5.74, 6) is 0.348. The molecule has 5 nitrogen and oxygen atoms in total. The topological polar surface area (TPSA) is 68.0 Å². The summed E-state index contributed by atoms with van der Waals surface area (Å²) in [7, 11) is 0. The van der Waals surface area contributed by atoms with E-state index < -0.39 is 0 Å². The van der Waals surface area contributed by atoms with E-state index in [0.717, 1.165) is 0 Å². The van der Waals surface area contributed by atoms with Crippen LogP contribution in [0.5, 0.6) is 5.75 Å². The molecular weight excluding hydrogens is 182 g/mol. The quantitative estimate of drug-likeness (QED) is 0.709. The molecule has 2 aromatic heterocycles. The first-order valence-electron chi connectivity index (χ1n) is 3.96. The zero-order valence-electron chi connectivity index (χ0n) is 7.16. The Labute approximate surface area is 79.6 Å². The molecule has 0 unspecified atom stereocenters. The van der Waals surface area contributed by atoms with Crippen LogP contribution in [0.15, 0.2) is 30.6 Å². The predicted molar refractivity (Wildman–Crippen MR) is 48.4 cm³/mol. The van der Waals surface area contributed by atoms with Crippen molar-refractivity contribution < 1.29 is 9.90 Å². The van der Waals surface area contributed by atoms with Gasteiger partial charge >= 0.3 is 0 Å². The van der Waals surface area contributed by atoms with Gasteiger partial charge in [-0.2, -0.15) is 5.10 Å². The number of aromatic nitrogens is 3. The summed E-state index contributed by atoms with van der Waals surface area (Å²) in [4.78, 5) is 14.6. The summed E-state index contributed by atoms with van der Waals surface area (Å²) in [6.07, 6.45) is 3.33. The second-order valence-corrected chi connectivity index (χ2v) is 2.63. The van der Waals surface area contributed by atoms with Gasteiger partial charge in [-0.25, -0.2) is 9.67 Å². The third kappa shape index (κ3) is 1.24. The van der Waals surface area contributed by atoms with Crippen molar-refractivity contribution in [3.63, 3.8) is 0 Å². The fourth-order valence-electron chi connectivity index (χ4n) is 1.12. The number of carbonyl (C=O) groups excluding carboxylic acids is 1. The van der Waals surface area contributed by atoms with Gasteiger partial charge < -0.3 is 5.11 Å². The Morgan fingerprint density at radius 1 is 1.43 bits per heavy atom. The first-order valence-corrected chi connectivity index (χ1v) is 3.96. The molecule has 2 heterocycles. The van der Waals surface area contributed by atoms with E-state index in [2.05, 4.69) is 10.1 Å². The van der Waals surface area contributed by atoms with E-state index in [1.165, 1.54) is 10.9 Å². The lowest BCUT2D eigenvalue weighted by molar-refractivity contribution is 0.111. The lowest BCUT2D eigenvalue weighted by Gasteiger charge is -2.00. The van der Waals surface area contributed by atoms with Crippen LogP contribution in [0, 0.1) is 0 Å². The molecule has 0 aliphatic rings. The van der Waals surface area contributed by atoms with Gasteiger partial charge in [-0.15, -0.1) is 0 Å². The van der Waals surface area contributed by atoms with Gasteiger partial charge in [0.2, 0.25) is 0 Å². The van der Waals surface area contributed by atoms with Crippen molar-refractivity contribution in [2.75, 3.05) is 0 Å². The number of rotatable bonds is 2. The molecule has 0 aromatic carbocycles. The van der Waals surface area contributed by atoms with Crippen LogP contribution in [-0.4, -0.2) is 26.2 Å². The fraction of sp³-hybridized carbons (Fsp3) is 0. The molecule has 0 fully saturated rings. The molecular formula is C9H7N3O2. The Morgan fingerprint density at radius 3 is 2.93 bits per heavy atom. The minimum Gasteiger partial charge on any atom is -0.504 e. The Hall–Kier alpha value is -2.17. The molecule has 5 heteroatoms. The maximum Gasteiger partial charge on any atom is 0.172 e. The smallest absolute Gasteiger partial charge is 0.172 e. The highest BCUT2D eigenvalue weighted by molar-refractivity contribution is 5.77. The van der Waals surface area contributed by atoms with Gasteiger partial charge in [0.15, 0.2) is 23.5 Å². The van der Waals surface area contributed by atoms with Gasteiger partial charge in [0, 0.05) is 6.20 Å². The zero-order chi connectivity index (χ0) is 9.97. The monoisotopic (exact) mass is 189 g/mol. The summed E-state index contributed by atoms with van der Waals surface area (Å²) >= 11 is 0. The second-order valence-electron chi connectivity index (χ2n) is 2.63. The average molecular weight is 189 g/mol. The van der Waals surface area contributed by atoms with Gasteiger partial charge in [-0.3, -0.25) is 4.79 Å². The Kier molecular flexibility index (Phi) is 1.98. The number of hydrogen-bond acceptors (Lipinski definition) is 4. The maximum absolute atomic E-state index is 10.6. The molecule has 0 aliphatic carbocycles. The third-order valence-electron chi connectivity index (χ3n) is 1.76. The van der Waals surface area contributed by atoms with E-state index in [1.54, 1.807) is 24.4 Å². The van der Waals surface area contributed by atoms with Crippen LogP contribution in [0.4, 0.5) is 0 Å². The normalized spacial score (nSPS) is 10.0. The van der Waals surface area contributed by atoms with Gasteiger partial charge in [0.1, 0.15) is 0 Å². The first kappa shape index (κ1) is 8.43. The Morgan fingerprint density at radius 2 is 2.29 bits per heavy atom. The van der Waals surface area contributed by atoms with Gasteiger partial charge in [-0.1, -0.05) is 6.07 Å². The number of aromatic hydroxyl groups is 1. The molecule has 0 radical (unpaired) electrons. The fourth-order valence-corrected chi connectivity index (χ4v) is 1.12. The van der Waals surface area contributed by atoms with E-state index in [1.807, 2.05) is 0 Å². The molecule has 2 aromatic rings. The minimum absolute atomic E-state index is 0.101. The SMILES string of the molecule is O=Cc1c(O)cnn1-c1ccccn1. The highest BCUT2D eigenvalue weighted by Crippen LogP contribution is 2.16. The molecule has 0 saturated carbocycles. The lowest BCUT2D eigenvalue weighted by Crippen LogP contribution is -2.02. The molecule has 0 spiro atoms. The lowest BCUT2D eigenvalue weighted by atomic mass is 10.4. The summed E-state index contributed by atoms with van der Waals surface area (Å²) in [6.45, 7) is 0. The van der Waals surface area contributed by atoms with Crippen molar-refractivity contribution in [3.8, 4) is 11.6 Å². The molecule has 1 N–H and O–H groups in total. The first-order chi connectivity index (χ1) is 6.83. The van der Waals surface area contributed by atoms with Crippen molar-refractivity contribution in [1.82, 2.24) is 14.8 Å². The van der Waals surface area contributed by atoms with E-state index in [9.17, 15) is 9.90 Å². The van der Waals surface area contributed by atoms with Crippen LogP contribution in [0.3, 0.4) is 0 Å². The van der Waals surface area contributed by atoms with Gasteiger partial charge in [0.05, 0.1) is 6.20 Å². The highest BCUT2D eigenvalue weighted by Gasteiger charge is 2.10. The van der Waals surface area contributed by atoms with E-state index >= 15 is 0 Å². The third-order valence-corrected chi connectivity index (χ3v) is 1.76. The Bertz CT molecular complexity index is 450. The number of nitrogens with zero attached hydrogens (tertiary/aromatic N) is 3. The molecule has 2 rings (SSSR count). The standard InChI is InChI=1S/C9H7N3O2/c13-6-7-8(14)5-11-12(7)9-3-1-2-4-10-9/h1-6,14H. The van der Waals surface area contributed by atoms with Crippen LogP contribution in [0.1, 0.15) is 10.5 Å². The van der Waals surface area contributed by atoms with E-state index in [4.69, 9.17) is 0 Å².